The van der Waals surface area contributed by atoms with Crippen LogP contribution in [0.15, 0.2) is 48.7 Å². The molecule has 1 amide bonds. The average molecular weight is 422 g/mol. The van der Waals surface area contributed by atoms with Crippen LogP contribution in [0, 0.1) is 11.8 Å². The predicted octanol–water partition coefficient (Wildman–Crippen LogP) is 4.85. The molecular weight excluding hydrogens is 386 g/mol. The Kier molecular flexibility index (Phi) is 7.57. The highest BCUT2D eigenvalue weighted by Crippen LogP contribution is 2.32. The van der Waals surface area contributed by atoms with Crippen molar-refractivity contribution in [3.8, 4) is 5.75 Å². The largest absolute Gasteiger partial charge is 0.496 e. The zero-order chi connectivity index (χ0) is 21.5. The molecule has 1 saturated carbocycles. The number of ether oxygens (including phenoxy) is 1. The second-order valence-corrected chi connectivity index (χ2v) is 9.07. The molecule has 0 spiro atoms. The Morgan fingerprint density at radius 3 is 2.68 bits per heavy atom. The summed E-state index contributed by atoms with van der Waals surface area (Å²) in [6, 6.07) is 13.3. The molecule has 0 unspecified atom stereocenters. The van der Waals surface area contributed by atoms with Crippen LogP contribution in [0.3, 0.4) is 0 Å². The summed E-state index contributed by atoms with van der Waals surface area (Å²) in [4.78, 5) is 20.5. The molecule has 2 aromatic rings. The minimum atomic E-state index is -0.104. The number of methoxy groups -OCH3 is 1. The van der Waals surface area contributed by atoms with E-state index in [-0.39, 0.29) is 11.9 Å². The van der Waals surface area contributed by atoms with Gasteiger partial charge in [-0.05, 0) is 68.3 Å². The SMILES string of the molecule is COc1ccccc1C(=O)N[C@H](c1ccccn1)[C@H]1CCCN(CC2CCCCC2)C1. The number of carbonyl (C=O) groups excluding carboxylic acids is 1. The van der Waals surface area contributed by atoms with E-state index in [1.807, 2.05) is 48.7 Å². The number of para-hydroxylation sites is 1. The lowest BCUT2D eigenvalue weighted by Gasteiger charge is -2.39. The minimum absolute atomic E-state index is 0.0995. The van der Waals surface area contributed by atoms with E-state index in [1.165, 1.54) is 51.6 Å². The van der Waals surface area contributed by atoms with Gasteiger partial charge in [0, 0.05) is 19.3 Å². The summed E-state index contributed by atoms with van der Waals surface area (Å²) in [7, 11) is 1.60. The fourth-order valence-electron chi connectivity index (χ4n) is 5.31. The molecule has 1 aliphatic heterocycles. The summed E-state index contributed by atoms with van der Waals surface area (Å²) in [6.45, 7) is 3.39. The molecule has 5 heteroatoms. The van der Waals surface area contributed by atoms with Crippen LogP contribution in [0.25, 0.3) is 0 Å². The van der Waals surface area contributed by atoms with Gasteiger partial charge in [0.2, 0.25) is 0 Å². The smallest absolute Gasteiger partial charge is 0.255 e. The summed E-state index contributed by atoms with van der Waals surface area (Å²) < 4.78 is 5.42. The molecule has 5 nitrogen and oxygen atoms in total. The minimum Gasteiger partial charge on any atom is -0.496 e. The van der Waals surface area contributed by atoms with E-state index in [4.69, 9.17) is 4.74 Å². The molecule has 2 fully saturated rings. The van der Waals surface area contributed by atoms with Gasteiger partial charge in [0.15, 0.2) is 0 Å². The Labute approximate surface area is 186 Å². The van der Waals surface area contributed by atoms with Crippen molar-refractivity contribution in [3.05, 3.63) is 59.9 Å². The van der Waals surface area contributed by atoms with Gasteiger partial charge in [-0.1, -0.05) is 37.5 Å². The predicted molar refractivity (Wildman–Crippen MR) is 123 cm³/mol. The average Bonchev–Trinajstić information content (AvgIpc) is 2.83. The summed E-state index contributed by atoms with van der Waals surface area (Å²) in [5.74, 6) is 1.69. The maximum atomic E-state index is 13.2. The third-order valence-electron chi connectivity index (χ3n) is 6.90. The monoisotopic (exact) mass is 421 g/mol. The van der Waals surface area contributed by atoms with Crippen molar-refractivity contribution in [2.45, 2.75) is 51.0 Å². The summed E-state index contributed by atoms with van der Waals surface area (Å²) in [5.41, 5.74) is 1.51. The molecule has 0 radical (unpaired) electrons. The van der Waals surface area contributed by atoms with Gasteiger partial charge in [-0.3, -0.25) is 9.78 Å². The standard InChI is InChI=1S/C26H35N3O2/c1-31-24-15-6-5-13-22(24)26(30)28-25(23-14-7-8-16-27-23)21-12-9-17-29(19-21)18-20-10-3-2-4-11-20/h5-8,13-16,20-21,25H,2-4,9-12,17-19H2,1H3,(H,28,30)/t21-,25-/m0/s1. The van der Waals surface area contributed by atoms with Crippen LogP contribution in [-0.2, 0) is 0 Å². The third kappa shape index (κ3) is 5.65. The fourth-order valence-corrected chi connectivity index (χ4v) is 5.31. The summed E-state index contributed by atoms with van der Waals surface area (Å²) in [5, 5.41) is 3.31. The number of hydrogen-bond acceptors (Lipinski definition) is 4. The Morgan fingerprint density at radius 2 is 1.90 bits per heavy atom. The van der Waals surface area contributed by atoms with Gasteiger partial charge in [-0.15, -0.1) is 0 Å². The van der Waals surface area contributed by atoms with E-state index in [0.29, 0.717) is 17.2 Å². The van der Waals surface area contributed by atoms with Crippen molar-refractivity contribution < 1.29 is 9.53 Å². The molecule has 1 aromatic heterocycles. The maximum absolute atomic E-state index is 13.2. The van der Waals surface area contributed by atoms with Crippen molar-refractivity contribution >= 4 is 5.91 Å². The van der Waals surface area contributed by atoms with Crippen LogP contribution in [0.1, 0.15) is 67.0 Å². The molecule has 1 aliphatic carbocycles. The summed E-state index contributed by atoms with van der Waals surface area (Å²) in [6.07, 6.45) is 11.0. The van der Waals surface area contributed by atoms with Crippen molar-refractivity contribution in [2.75, 3.05) is 26.7 Å². The number of pyridine rings is 1. The van der Waals surface area contributed by atoms with Gasteiger partial charge in [0.1, 0.15) is 5.75 Å². The Balaban J connectivity index is 1.50. The Morgan fingerprint density at radius 1 is 1.10 bits per heavy atom. The first-order valence-electron chi connectivity index (χ1n) is 11.8. The zero-order valence-corrected chi connectivity index (χ0v) is 18.6. The molecule has 4 rings (SSSR count). The number of nitrogens with zero attached hydrogens (tertiary/aromatic N) is 2. The highest BCUT2D eigenvalue weighted by Gasteiger charge is 2.32. The van der Waals surface area contributed by atoms with Crippen molar-refractivity contribution in [3.63, 3.8) is 0 Å². The van der Waals surface area contributed by atoms with Crippen LogP contribution < -0.4 is 10.1 Å². The molecule has 2 heterocycles. The lowest BCUT2D eigenvalue weighted by molar-refractivity contribution is 0.0853. The third-order valence-corrected chi connectivity index (χ3v) is 6.90. The number of amides is 1. The van der Waals surface area contributed by atoms with Crippen LogP contribution in [0.4, 0.5) is 0 Å². The highest BCUT2D eigenvalue weighted by molar-refractivity contribution is 5.97. The molecular formula is C26H35N3O2. The van der Waals surface area contributed by atoms with Gasteiger partial charge >= 0.3 is 0 Å². The number of rotatable bonds is 7. The topological polar surface area (TPSA) is 54.5 Å². The van der Waals surface area contributed by atoms with Gasteiger partial charge in [0.25, 0.3) is 5.91 Å². The quantitative estimate of drug-likeness (QED) is 0.694. The fraction of sp³-hybridized carbons (Fsp3) is 0.538. The lowest BCUT2D eigenvalue weighted by atomic mass is 9.85. The van der Waals surface area contributed by atoms with Crippen molar-refractivity contribution in [2.24, 2.45) is 11.8 Å². The van der Waals surface area contributed by atoms with Crippen molar-refractivity contribution in [1.82, 2.24) is 15.2 Å². The maximum Gasteiger partial charge on any atom is 0.255 e. The van der Waals surface area contributed by atoms with E-state index in [1.54, 1.807) is 7.11 Å². The van der Waals surface area contributed by atoms with Crippen LogP contribution in [-0.4, -0.2) is 42.5 Å². The molecule has 1 saturated heterocycles. The first-order valence-corrected chi connectivity index (χ1v) is 11.8. The summed E-state index contributed by atoms with van der Waals surface area (Å²) >= 11 is 0. The van der Waals surface area contributed by atoms with Gasteiger partial charge in [-0.25, -0.2) is 0 Å². The number of likely N-dealkylation sites (tertiary alicyclic amines) is 1. The van der Waals surface area contributed by atoms with Crippen LogP contribution >= 0.6 is 0 Å². The van der Waals surface area contributed by atoms with Crippen molar-refractivity contribution in [1.29, 1.82) is 0 Å². The van der Waals surface area contributed by atoms with Gasteiger partial charge < -0.3 is 15.0 Å². The lowest BCUT2D eigenvalue weighted by Crippen LogP contribution is -2.44. The number of hydrogen-bond donors (Lipinski definition) is 1. The zero-order valence-electron chi connectivity index (χ0n) is 18.6. The normalized spacial score (nSPS) is 21.4. The number of nitrogens with one attached hydrogen (secondary N) is 1. The molecule has 1 N–H and O–H groups in total. The molecule has 1 aromatic carbocycles. The number of piperidine rings is 1. The first kappa shape index (κ1) is 21.8. The number of benzene rings is 1. The van der Waals surface area contributed by atoms with E-state index in [9.17, 15) is 4.79 Å². The molecule has 2 atom stereocenters. The highest BCUT2D eigenvalue weighted by atomic mass is 16.5. The number of carbonyl (C=O) groups is 1. The van der Waals surface area contributed by atoms with E-state index in [0.717, 1.165) is 24.6 Å². The van der Waals surface area contributed by atoms with Crippen LogP contribution in [0.5, 0.6) is 5.75 Å². The Hall–Kier alpha value is -2.40. The second kappa shape index (κ2) is 10.8. The first-order chi connectivity index (χ1) is 15.2. The second-order valence-electron chi connectivity index (χ2n) is 9.07. The van der Waals surface area contributed by atoms with E-state index in [2.05, 4.69) is 15.2 Å². The van der Waals surface area contributed by atoms with Gasteiger partial charge in [0.05, 0.1) is 24.4 Å². The molecule has 2 aliphatic rings. The van der Waals surface area contributed by atoms with E-state index >= 15 is 0 Å². The molecule has 0 bridgehead atoms. The molecule has 166 valence electrons. The number of aromatic nitrogens is 1. The van der Waals surface area contributed by atoms with Crippen LogP contribution in [0.2, 0.25) is 0 Å². The van der Waals surface area contributed by atoms with E-state index < -0.39 is 0 Å². The Bertz CT molecular complexity index is 836. The van der Waals surface area contributed by atoms with Gasteiger partial charge in [-0.2, -0.15) is 0 Å². The molecule has 31 heavy (non-hydrogen) atoms.